The van der Waals surface area contributed by atoms with Crippen LogP contribution in [0.1, 0.15) is 41.2 Å². The summed E-state index contributed by atoms with van der Waals surface area (Å²) in [6.07, 6.45) is 1.70. The predicted octanol–water partition coefficient (Wildman–Crippen LogP) is 2.82. The molecule has 2 aromatic rings. The maximum Gasteiger partial charge on any atom is 0.265 e. The minimum Gasteiger partial charge on any atom is -0.494 e. The van der Waals surface area contributed by atoms with E-state index in [9.17, 15) is 4.79 Å². The lowest BCUT2D eigenvalue weighted by atomic mass is 10.2. The molecule has 0 atom stereocenters. The average Bonchev–Trinajstić information content (AvgIpc) is 3.00. The van der Waals surface area contributed by atoms with Crippen LogP contribution in [0.3, 0.4) is 0 Å². The molecule has 0 unspecified atom stereocenters. The molecule has 0 aliphatic carbocycles. The average molecular weight is 305 g/mol. The molecule has 5 nitrogen and oxygen atoms in total. The van der Waals surface area contributed by atoms with Crippen molar-refractivity contribution in [3.05, 3.63) is 40.4 Å². The molecule has 1 aromatic heterocycles. The van der Waals surface area contributed by atoms with E-state index in [0.29, 0.717) is 24.4 Å². The lowest BCUT2D eigenvalue weighted by Crippen LogP contribution is -2.22. The Kier molecular flexibility index (Phi) is 5.68. The predicted molar refractivity (Wildman–Crippen MR) is 82.7 cm³/mol. The summed E-state index contributed by atoms with van der Waals surface area (Å²) in [6, 6.07) is 7.75. The van der Waals surface area contributed by atoms with Crippen molar-refractivity contribution < 1.29 is 9.53 Å². The molecule has 0 spiro atoms. The van der Waals surface area contributed by atoms with Crippen molar-refractivity contribution in [2.75, 3.05) is 6.61 Å². The SMILES string of the molecule is CCCOc1ccc(CNC(=O)c2snnc2CC)cc1. The molecule has 21 heavy (non-hydrogen) atoms. The third kappa shape index (κ3) is 4.26. The molecular formula is C15H19N3O2S. The summed E-state index contributed by atoms with van der Waals surface area (Å²) in [4.78, 5) is 12.7. The number of amides is 1. The second-order valence-electron chi connectivity index (χ2n) is 4.58. The van der Waals surface area contributed by atoms with Gasteiger partial charge >= 0.3 is 0 Å². The van der Waals surface area contributed by atoms with Crippen LogP contribution in [0, 0.1) is 0 Å². The smallest absolute Gasteiger partial charge is 0.265 e. The van der Waals surface area contributed by atoms with Gasteiger partial charge in [0.1, 0.15) is 10.6 Å². The van der Waals surface area contributed by atoms with Crippen molar-refractivity contribution in [3.8, 4) is 5.75 Å². The molecule has 6 heteroatoms. The van der Waals surface area contributed by atoms with Gasteiger partial charge in [-0.2, -0.15) is 0 Å². The summed E-state index contributed by atoms with van der Waals surface area (Å²) in [6.45, 7) is 5.23. The van der Waals surface area contributed by atoms with Gasteiger partial charge in [-0.25, -0.2) is 0 Å². The van der Waals surface area contributed by atoms with E-state index in [4.69, 9.17) is 4.74 Å². The van der Waals surface area contributed by atoms with E-state index in [1.807, 2.05) is 31.2 Å². The van der Waals surface area contributed by atoms with Crippen LogP contribution >= 0.6 is 11.5 Å². The first-order valence-corrected chi connectivity index (χ1v) is 7.83. The number of hydrogen-bond acceptors (Lipinski definition) is 5. The Balaban J connectivity index is 1.89. The quantitative estimate of drug-likeness (QED) is 0.854. The van der Waals surface area contributed by atoms with Gasteiger partial charge in [0.2, 0.25) is 0 Å². The largest absolute Gasteiger partial charge is 0.494 e. The molecule has 0 aliphatic heterocycles. The monoisotopic (exact) mass is 305 g/mol. The van der Waals surface area contributed by atoms with E-state index >= 15 is 0 Å². The van der Waals surface area contributed by atoms with Gasteiger partial charge in [-0.3, -0.25) is 4.79 Å². The number of carbonyl (C=O) groups is 1. The molecule has 112 valence electrons. The van der Waals surface area contributed by atoms with Gasteiger partial charge in [-0.1, -0.05) is 30.5 Å². The van der Waals surface area contributed by atoms with Crippen molar-refractivity contribution in [3.63, 3.8) is 0 Å². The fraction of sp³-hybridized carbons (Fsp3) is 0.400. The molecule has 0 saturated carbocycles. The molecule has 0 aliphatic rings. The van der Waals surface area contributed by atoms with Gasteiger partial charge in [0.05, 0.1) is 12.3 Å². The molecule has 1 aromatic carbocycles. The van der Waals surface area contributed by atoms with E-state index in [2.05, 4.69) is 21.8 Å². The van der Waals surface area contributed by atoms with Crippen molar-refractivity contribution >= 4 is 17.4 Å². The molecule has 0 saturated heterocycles. The Bertz CT molecular complexity index is 581. The Morgan fingerprint density at radius 2 is 2.05 bits per heavy atom. The van der Waals surface area contributed by atoms with Crippen LogP contribution in [0.15, 0.2) is 24.3 Å². The van der Waals surface area contributed by atoms with Crippen LogP contribution in [0.5, 0.6) is 5.75 Å². The minimum absolute atomic E-state index is 0.117. The number of ether oxygens (including phenoxy) is 1. The molecule has 0 fully saturated rings. The highest BCUT2D eigenvalue weighted by Gasteiger charge is 2.14. The molecule has 1 amide bonds. The fourth-order valence-electron chi connectivity index (χ4n) is 1.80. The molecule has 1 heterocycles. The standard InChI is InChI=1S/C15H19N3O2S/c1-3-9-20-12-7-5-11(6-8-12)10-16-15(19)14-13(4-2)17-18-21-14/h5-8H,3-4,9-10H2,1-2H3,(H,16,19). The highest BCUT2D eigenvalue weighted by molar-refractivity contribution is 7.08. The van der Waals surface area contributed by atoms with Crippen molar-refractivity contribution in [2.24, 2.45) is 0 Å². The van der Waals surface area contributed by atoms with E-state index in [-0.39, 0.29) is 5.91 Å². The summed E-state index contributed by atoms with van der Waals surface area (Å²) in [5.41, 5.74) is 1.78. The molecule has 0 radical (unpaired) electrons. The third-order valence-electron chi connectivity index (χ3n) is 2.95. The van der Waals surface area contributed by atoms with Crippen LogP contribution in [-0.2, 0) is 13.0 Å². The highest BCUT2D eigenvalue weighted by atomic mass is 32.1. The number of nitrogens with one attached hydrogen (secondary N) is 1. The molecule has 1 N–H and O–H groups in total. The maximum absolute atomic E-state index is 12.1. The fourth-order valence-corrected chi connectivity index (χ4v) is 2.47. The van der Waals surface area contributed by atoms with Gasteiger partial charge < -0.3 is 10.1 Å². The van der Waals surface area contributed by atoms with Crippen LogP contribution in [0.4, 0.5) is 0 Å². The Labute approximate surface area is 128 Å². The number of hydrogen-bond donors (Lipinski definition) is 1. The molecular weight excluding hydrogens is 286 g/mol. The van der Waals surface area contributed by atoms with Gasteiger partial charge in [-0.15, -0.1) is 5.10 Å². The zero-order valence-electron chi connectivity index (χ0n) is 12.3. The number of nitrogens with zero attached hydrogens (tertiary/aromatic N) is 2. The van der Waals surface area contributed by atoms with Crippen LogP contribution in [-0.4, -0.2) is 22.1 Å². The number of aryl methyl sites for hydroxylation is 1. The Morgan fingerprint density at radius 3 is 2.71 bits per heavy atom. The highest BCUT2D eigenvalue weighted by Crippen LogP contribution is 2.14. The Morgan fingerprint density at radius 1 is 1.29 bits per heavy atom. The zero-order chi connectivity index (χ0) is 15.1. The van der Waals surface area contributed by atoms with E-state index in [1.165, 1.54) is 0 Å². The number of carbonyl (C=O) groups excluding carboxylic acids is 1. The lowest BCUT2D eigenvalue weighted by molar-refractivity contribution is 0.0954. The summed E-state index contributed by atoms with van der Waals surface area (Å²) in [7, 11) is 0. The first kappa shape index (κ1) is 15.4. The Hall–Kier alpha value is -1.95. The lowest BCUT2D eigenvalue weighted by Gasteiger charge is -2.07. The summed E-state index contributed by atoms with van der Waals surface area (Å²) in [5, 5.41) is 6.83. The van der Waals surface area contributed by atoms with Crippen molar-refractivity contribution in [1.82, 2.24) is 14.9 Å². The third-order valence-corrected chi connectivity index (χ3v) is 3.71. The van der Waals surface area contributed by atoms with Gasteiger partial charge in [0, 0.05) is 6.54 Å². The van der Waals surface area contributed by atoms with Crippen LogP contribution in [0.25, 0.3) is 0 Å². The second kappa shape index (κ2) is 7.73. The topological polar surface area (TPSA) is 64.1 Å². The van der Waals surface area contributed by atoms with E-state index in [1.54, 1.807) is 0 Å². The van der Waals surface area contributed by atoms with Crippen LogP contribution < -0.4 is 10.1 Å². The first-order chi connectivity index (χ1) is 10.2. The van der Waals surface area contributed by atoms with Gasteiger partial charge in [-0.05, 0) is 42.1 Å². The van der Waals surface area contributed by atoms with E-state index < -0.39 is 0 Å². The summed E-state index contributed by atoms with van der Waals surface area (Å²) in [5.74, 6) is 0.736. The van der Waals surface area contributed by atoms with Crippen molar-refractivity contribution in [1.29, 1.82) is 0 Å². The number of rotatable bonds is 7. The van der Waals surface area contributed by atoms with Gasteiger partial charge in [0.25, 0.3) is 5.91 Å². The minimum atomic E-state index is -0.117. The summed E-state index contributed by atoms with van der Waals surface area (Å²) < 4.78 is 9.35. The van der Waals surface area contributed by atoms with Crippen LogP contribution in [0.2, 0.25) is 0 Å². The van der Waals surface area contributed by atoms with E-state index in [0.717, 1.165) is 35.0 Å². The summed E-state index contributed by atoms with van der Waals surface area (Å²) >= 11 is 1.14. The number of aromatic nitrogens is 2. The van der Waals surface area contributed by atoms with Gasteiger partial charge in [0.15, 0.2) is 0 Å². The zero-order valence-corrected chi connectivity index (χ0v) is 13.1. The maximum atomic E-state index is 12.1. The first-order valence-electron chi connectivity index (χ1n) is 7.05. The molecule has 2 rings (SSSR count). The number of benzene rings is 1. The van der Waals surface area contributed by atoms with Crippen molar-refractivity contribution in [2.45, 2.75) is 33.2 Å². The second-order valence-corrected chi connectivity index (χ2v) is 5.33. The normalized spacial score (nSPS) is 10.4. The molecule has 0 bridgehead atoms.